The van der Waals surface area contributed by atoms with E-state index in [-0.39, 0.29) is 29.2 Å². The number of hydrogen-bond acceptors (Lipinski definition) is 4. The molecule has 1 amide bonds. The zero-order valence-corrected chi connectivity index (χ0v) is 12.1. The van der Waals surface area contributed by atoms with Gasteiger partial charge in [-0.15, -0.1) is 11.8 Å². The lowest BCUT2D eigenvalue weighted by Gasteiger charge is -2.10. The molecule has 2 rings (SSSR count). The Morgan fingerprint density at radius 1 is 1.35 bits per heavy atom. The Morgan fingerprint density at radius 3 is 2.70 bits per heavy atom. The maximum atomic E-state index is 13.0. The molecular formula is C12H13F2NO3S2. The van der Waals surface area contributed by atoms with E-state index in [0.717, 1.165) is 23.9 Å². The summed E-state index contributed by atoms with van der Waals surface area (Å²) in [7, 11) is -3.03. The Kier molecular flexibility index (Phi) is 4.64. The largest absolute Gasteiger partial charge is 0.352 e. The molecule has 1 saturated heterocycles. The highest BCUT2D eigenvalue weighted by Crippen LogP contribution is 2.20. The summed E-state index contributed by atoms with van der Waals surface area (Å²) in [5, 5.41) is 2.62. The number of carbonyl (C=O) groups is 1. The summed E-state index contributed by atoms with van der Waals surface area (Å²) >= 11 is 1.07. The molecule has 8 heteroatoms. The molecular weight excluding hydrogens is 308 g/mol. The molecule has 0 bridgehead atoms. The fourth-order valence-electron chi connectivity index (χ4n) is 1.89. The number of thioether (sulfide) groups is 1. The molecule has 0 aliphatic carbocycles. The zero-order chi connectivity index (χ0) is 14.8. The van der Waals surface area contributed by atoms with E-state index in [0.29, 0.717) is 11.3 Å². The van der Waals surface area contributed by atoms with Gasteiger partial charge in [-0.3, -0.25) is 4.79 Å². The number of nitrogens with one attached hydrogen (secondary N) is 1. The van der Waals surface area contributed by atoms with E-state index in [4.69, 9.17) is 0 Å². The number of halogens is 2. The van der Waals surface area contributed by atoms with Crippen molar-refractivity contribution < 1.29 is 22.0 Å². The van der Waals surface area contributed by atoms with Gasteiger partial charge < -0.3 is 5.32 Å². The molecule has 1 atom stereocenters. The Hall–Kier alpha value is -1.15. The quantitative estimate of drug-likeness (QED) is 0.851. The van der Waals surface area contributed by atoms with Gasteiger partial charge in [0.15, 0.2) is 21.5 Å². The number of sulfone groups is 1. The second kappa shape index (κ2) is 6.09. The summed E-state index contributed by atoms with van der Waals surface area (Å²) in [5.41, 5.74) is 0. The van der Waals surface area contributed by atoms with Crippen LogP contribution in [0.4, 0.5) is 8.78 Å². The summed E-state index contributed by atoms with van der Waals surface area (Å²) in [4.78, 5) is 12.1. The van der Waals surface area contributed by atoms with Gasteiger partial charge in [0.05, 0.1) is 17.3 Å². The normalized spacial score (nSPS) is 20.8. The molecule has 1 aliphatic heterocycles. The van der Waals surface area contributed by atoms with Gasteiger partial charge in [0.2, 0.25) is 5.91 Å². The molecule has 0 spiro atoms. The molecule has 0 unspecified atom stereocenters. The summed E-state index contributed by atoms with van der Waals surface area (Å²) in [5.74, 6) is -2.13. The summed E-state index contributed by atoms with van der Waals surface area (Å²) in [6, 6.07) is 3.06. The van der Waals surface area contributed by atoms with E-state index in [2.05, 4.69) is 5.32 Å². The first-order valence-corrected chi connectivity index (χ1v) is 8.74. The second-order valence-corrected chi connectivity index (χ2v) is 7.81. The standard InChI is InChI=1S/C12H13F2NO3S2/c13-10-2-1-9(5-11(10)14)19-6-12(16)15-8-3-4-20(17,18)7-8/h1-2,5,8H,3-4,6-7H2,(H,15,16)/t8-/m0/s1. The van der Waals surface area contributed by atoms with E-state index in [1.807, 2.05) is 0 Å². The van der Waals surface area contributed by atoms with Gasteiger partial charge in [0, 0.05) is 10.9 Å². The second-order valence-electron chi connectivity index (χ2n) is 4.53. The molecule has 0 radical (unpaired) electrons. The fraction of sp³-hybridized carbons (Fsp3) is 0.417. The SMILES string of the molecule is O=C(CSc1ccc(F)c(F)c1)N[C@H]1CCS(=O)(=O)C1. The summed E-state index contributed by atoms with van der Waals surface area (Å²) in [6.07, 6.45) is 0.421. The van der Waals surface area contributed by atoms with Crippen molar-refractivity contribution in [2.24, 2.45) is 0 Å². The first-order chi connectivity index (χ1) is 9.35. The number of carbonyl (C=O) groups excluding carboxylic acids is 1. The van der Waals surface area contributed by atoms with E-state index < -0.39 is 21.5 Å². The van der Waals surface area contributed by atoms with Crippen molar-refractivity contribution in [1.29, 1.82) is 0 Å². The molecule has 1 N–H and O–H groups in total. The highest BCUT2D eigenvalue weighted by molar-refractivity contribution is 8.00. The van der Waals surface area contributed by atoms with Crippen LogP contribution in [-0.2, 0) is 14.6 Å². The average Bonchev–Trinajstić information content (AvgIpc) is 2.70. The van der Waals surface area contributed by atoms with Gasteiger partial charge in [-0.25, -0.2) is 17.2 Å². The van der Waals surface area contributed by atoms with Gasteiger partial charge in [-0.05, 0) is 24.6 Å². The van der Waals surface area contributed by atoms with Crippen molar-refractivity contribution in [2.75, 3.05) is 17.3 Å². The van der Waals surface area contributed by atoms with Gasteiger partial charge >= 0.3 is 0 Å². The van der Waals surface area contributed by atoms with Crippen LogP contribution in [0, 0.1) is 11.6 Å². The van der Waals surface area contributed by atoms with Crippen molar-refractivity contribution >= 4 is 27.5 Å². The van der Waals surface area contributed by atoms with Gasteiger partial charge in [-0.1, -0.05) is 0 Å². The molecule has 20 heavy (non-hydrogen) atoms. The molecule has 1 aliphatic rings. The monoisotopic (exact) mass is 321 g/mol. The van der Waals surface area contributed by atoms with Crippen LogP contribution < -0.4 is 5.32 Å². The molecule has 1 heterocycles. The van der Waals surface area contributed by atoms with Crippen LogP contribution in [0.15, 0.2) is 23.1 Å². The van der Waals surface area contributed by atoms with Crippen molar-refractivity contribution in [3.05, 3.63) is 29.8 Å². The summed E-state index contributed by atoms with van der Waals surface area (Å²) < 4.78 is 48.2. The van der Waals surface area contributed by atoms with Crippen LogP contribution in [-0.4, -0.2) is 37.6 Å². The number of amides is 1. The Balaban J connectivity index is 1.82. The maximum Gasteiger partial charge on any atom is 0.230 e. The van der Waals surface area contributed by atoms with Gasteiger partial charge in [-0.2, -0.15) is 0 Å². The Morgan fingerprint density at radius 2 is 2.10 bits per heavy atom. The molecule has 0 aromatic heterocycles. The van der Waals surface area contributed by atoms with Crippen LogP contribution in [0.5, 0.6) is 0 Å². The van der Waals surface area contributed by atoms with Crippen LogP contribution >= 0.6 is 11.8 Å². The molecule has 1 fully saturated rings. The van der Waals surface area contributed by atoms with Gasteiger partial charge in [0.1, 0.15) is 0 Å². The first kappa shape index (κ1) is 15.2. The zero-order valence-electron chi connectivity index (χ0n) is 10.4. The lowest BCUT2D eigenvalue weighted by Crippen LogP contribution is -2.36. The highest BCUT2D eigenvalue weighted by atomic mass is 32.2. The van der Waals surface area contributed by atoms with E-state index in [1.54, 1.807) is 0 Å². The van der Waals surface area contributed by atoms with E-state index in [1.165, 1.54) is 6.07 Å². The van der Waals surface area contributed by atoms with E-state index in [9.17, 15) is 22.0 Å². The van der Waals surface area contributed by atoms with Crippen molar-refractivity contribution in [2.45, 2.75) is 17.4 Å². The third-order valence-corrected chi connectivity index (χ3v) is 5.62. The summed E-state index contributed by atoms with van der Waals surface area (Å²) in [6.45, 7) is 0. The van der Waals surface area contributed by atoms with E-state index >= 15 is 0 Å². The van der Waals surface area contributed by atoms with Crippen LogP contribution in [0.25, 0.3) is 0 Å². The lowest BCUT2D eigenvalue weighted by atomic mass is 10.3. The molecule has 4 nitrogen and oxygen atoms in total. The maximum absolute atomic E-state index is 13.0. The van der Waals surface area contributed by atoms with Crippen LogP contribution in [0.2, 0.25) is 0 Å². The topological polar surface area (TPSA) is 63.2 Å². The lowest BCUT2D eigenvalue weighted by molar-refractivity contribution is -0.119. The van der Waals surface area contributed by atoms with Gasteiger partial charge in [0.25, 0.3) is 0 Å². The molecule has 0 saturated carbocycles. The minimum atomic E-state index is -3.03. The third kappa shape index (κ3) is 4.17. The fourth-order valence-corrected chi connectivity index (χ4v) is 4.30. The van der Waals surface area contributed by atoms with Crippen molar-refractivity contribution in [3.63, 3.8) is 0 Å². The number of benzene rings is 1. The Bertz CT molecular complexity index is 619. The average molecular weight is 321 g/mol. The van der Waals surface area contributed by atoms with Crippen LogP contribution in [0.3, 0.4) is 0 Å². The third-order valence-electron chi connectivity index (χ3n) is 2.86. The van der Waals surface area contributed by atoms with Crippen LogP contribution in [0.1, 0.15) is 6.42 Å². The minimum absolute atomic E-state index is 0.0294. The number of hydrogen-bond donors (Lipinski definition) is 1. The Labute approximate surface area is 119 Å². The predicted octanol–water partition coefficient (Wildman–Crippen LogP) is 1.36. The molecule has 1 aromatic carbocycles. The predicted molar refractivity (Wildman–Crippen MR) is 72.3 cm³/mol. The smallest absolute Gasteiger partial charge is 0.230 e. The number of rotatable bonds is 4. The minimum Gasteiger partial charge on any atom is -0.352 e. The molecule has 110 valence electrons. The highest BCUT2D eigenvalue weighted by Gasteiger charge is 2.28. The first-order valence-electron chi connectivity index (χ1n) is 5.93. The van der Waals surface area contributed by atoms with Crippen molar-refractivity contribution in [1.82, 2.24) is 5.32 Å². The van der Waals surface area contributed by atoms with Crippen molar-refractivity contribution in [3.8, 4) is 0 Å². The molecule has 1 aromatic rings.